The summed E-state index contributed by atoms with van der Waals surface area (Å²) in [4.78, 5) is 17.1. The molecule has 0 radical (unpaired) electrons. The molecule has 1 heterocycles. The van der Waals surface area contributed by atoms with Gasteiger partial charge in [-0.3, -0.25) is 9.78 Å². The van der Waals surface area contributed by atoms with Crippen LogP contribution < -0.4 is 20.5 Å². The van der Waals surface area contributed by atoms with E-state index in [0.29, 0.717) is 22.6 Å². The van der Waals surface area contributed by atoms with Gasteiger partial charge >= 0.3 is 6.18 Å². The molecule has 1 saturated carbocycles. The van der Waals surface area contributed by atoms with Crippen LogP contribution in [0.4, 0.5) is 17.6 Å². The molecule has 2 aromatic carbocycles. The predicted octanol–water partition coefficient (Wildman–Crippen LogP) is 5.71. The molecule has 1 aliphatic rings. The van der Waals surface area contributed by atoms with Crippen molar-refractivity contribution < 1.29 is 31.8 Å². The van der Waals surface area contributed by atoms with E-state index in [1.165, 1.54) is 49.6 Å². The van der Waals surface area contributed by atoms with Crippen LogP contribution in [-0.4, -0.2) is 36.8 Å². The fourth-order valence-electron chi connectivity index (χ4n) is 3.83. The summed E-state index contributed by atoms with van der Waals surface area (Å²) in [6.07, 6.45) is -2.75. The molecule has 1 amide bonds. The molecule has 0 aliphatic heterocycles. The number of methoxy groups -OCH3 is 1. The van der Waals surface area contributed by atoms with Crippen molar-refractivity contribution in [1.82, 2.24) is 10.3 Å². The molecule has 1 atom stereocenters. The molecule has 4 rings (SSSR count). The zero-order chi connectivity index (χ0) is 27.7. The summed E-state index contributed by atoms with van der Waals surface area (Å²) >= 11 is 0. The Morgan fingerprint density at radius 1 is 1.08 bits per heavy atom. The van der Waals surface area contributed by atoms with Crippen LogP contribution in [-0.2, 0) is 5.54 Å². The van der Waals surface area contributed by atoms with Crippen molar-refractivity contribution in [3.8, 4) is 22.8 Å². The second-order valence-corrected chi connectivity index (χ2v) is 9.88. The van der Waals surface area contributed by atoms with Gasteiger partial charge in [0.15, 0.2) is 11.5 Å². The summed E-state index contributed by atoms with van der Waals surface area (Å²) in [7, 11) is 1.42. The predicted molar refractivity (Wildman–Crippen MR) is 135 cm³/mol. The minimum Gasteiger partial charge on any atom is -0.493 e. The van der Waals surface area contributed by atoms with Crippen LogP contribution in [0.25, 0.3) is 11.3 Å². The van der Waals surface area contributed by atoms with Gasteiger partial charge in [-0.1, -0.05) is 0 Å². The van der Waals surface area contributed by atoms with E-state index in [9.17, 15) is 22.4 Å². The molecule has 1 unspecified atom stereocenters. The van der Waals surface area contributed by atoms with Gasteiger partial charge in [-0.15, -0.1) is 0 Å². The lowest BCUT2D eigenvalue weighted by atomic mass is 9.91. The van der Waals surface area contributed by atoms with Gasteiger partial charge in [-0.05, 0) is 86.8 Å². The van der Waals surface area contributed by atoms with Gasteiger partial charge in [0.1, 0.15) is 11.7 Å². The van der Waals surface area contributed by atoms with E-state index in [1.54, 1.807) is 26.0 Å². The molecule has 3 N–H and O–H groups in total. The number of rotatable bonds is 9. The van der Waals surface area contributed by atoms with Crippen molar-refractivity contribution in [2.75, 3.05) is 13.7 Å². The molecule has 0 bridgehead atoms. The van der Waals surface area contributed by atoms with E-state index in [-0.39, 0.29) is 23.1 Å². The zero-order valence-electron chi connectivity index (χ0n) is 21.2. The number of carbonyl (C=O) groups is 1. The fourth-order valence-corrected chi connectivity index (χ4v) is 3.83. The van der Waals surface area contributed by atoms with E-state index >= 15 is 0 Å². The Bertz CT molecular complexity index is 1300. The second-order valence-electron chi connectivity index (χ2n) is 9.88. The summed E-state index contributed by atoms with van der Waals surface area (Å²) < 4.78 is 67.2. The van der Waals surface area contributed by atoms with Gasteiger partial charge in [0.05, 0.1) is 24.6 Å². The number of benzene rings is 2. The van der Waals surface area contributed by atoms with E-state index < -0.39 is 35.9 Å². The van der Waals surface area contributed by atoms with Crippen LogP contribution in [0, 0.1) is 5.82 Å². The van der Waals surface area contributed by atoms with E-state index in [0.717, 1.165) is 12.8 Å². The monoisotopic (exact) mass is 531 g/mol. The number of pyridine rings is 1. The normalized spacial score (nSPS) is 14.6. The maximum absolute atomic E-state index is 14.3. The summed E-state index contributed by atoms with van der Waals surface area (Å²) in [5.74, 6) is -2.51. The van der Waals surface area contributed by atoms with Crippen LogP contribution in [0.1, 0.15) is 54.2 Å². The van der Waals surface area contributed by atoms with Crippen molar-refractivity contribution >= 4 is 5.91 Å². The Labute approximate surface area is 218 Å². The standard InChI is InChI=1S/C28H29F4N3O3/c1-27(2,33)18-13-22(16-4-7-19(29)8-5-16)35-23(14-18)21(28(30,31)32)15-34-26(36)17-6-11-24(25(12-17)37-3)38-20-9-10-20/h4-8,11-14,20-21H,9-10,15,33H2,1-3H3,(H,34,36). The van der Waals surface area contributed by atoms with Gasteiger partial charge in [0, 0.05) is 23.2 Å². The average Bonchev–Trinajstić information content (AvgIpc) is 3.67. The van der Waals surface area contributed by atoms with Gasteiger partial charge < -0.3 is 20.5 Å². The van der Waals surface area contributed by atoms with Crippen molar-refractivity contribution in [1.29, 1.82) is 0 Å². The fraction of sp³-hybridized carbons (Fsp3) is 0.357. The minimum absolute atomic E-state index is 0.109. The molecular formula is C28H29F4N3O3. The number of alkyl halides is 3. The highest BCUT2D eigenvalue weighted by Crippen LogP contribution is 2.37. The van der Waals surface area contributed by atoms with Crippen LogP contribution >= 0.6 is 0 Å². The lowest BCUT2D eigenvalue weighted by Gasteiger charge is -2.25. The molecule has 1 aromatic heterocycles. The first-order valence-electron chi connectivity index (χ1n) is 12.1. The topological polar surface area (TPSA) is 86.5 Å². The first-order chi connectivity index (χ1) is 17.8. The Morgan fingerprint density at radius 3 is 2.34 bits per heavy atom. The van der Waals surface area contributed by atoms with Gasteiger partial charge in [-0.25, -0.2) is 4.39 Å². The first-order valence-corrected chi connectivity index (χ1v) is 12.1. The molecule has 1 fully saturated rings. The summed E-state index contributed by atoms with van der Waals surface area (Å²) in [5, 5.41) is 2.38. The molecule has 0 saturated heterocycles. The van der Waals surface area contributed by atoms with E-state index in [4.69, 9.17) is 15.2 Å². The molecular weight excluding hydrogens is 502 g/mol. The number of amides is 1. The molecule has 10 heteroatoms. The van der Waals surface area contributed by atoms with Crippen LogP contribution in [0.2, 0.25) is 0 Å². The number of nitrogens with one attached hydrogen (secondary N) is 1. The molecule has 202 valence electrons. The van der Waals surface area contributed by atoms with E-state index in [1.807, 2.05) is 0 Å². The third-order valence-electron chi connectivity index (χ3n) is 6.19. The highest BCUT2D eigenvalue weighted by Gasteiger charge is 2.42. The van der Waals surface area contributed by atoms with Crippen molar-refractivity contribution in [3.63, 3.8) is 0 Å². The Morgan fingerprint density at radius 2 is 1.76 bits per heavy atom. The number of hydrogen-bond donors (Lipinski definition) is 2. The lowest BCUT2D eigenvalue weighted by molar-refractivity contribution is -0.149. The number of carbonyl (C=O) groups excluding carboxylic acids is 1. The number of aromatic nitrogens is 1. The SMILES string of the molecule is COc1cc(C(=O)NCC(c2cc(C(C)(C)N)cc(-c3ccc(F)cc3)n2)C(F)(F)F)ccc1OC1CC1. The van der Waals surface area contributed by atoms with Crippen LogP contribution in [0.5, 0.6) is 11.5 Å². The number of hydrogen-bond acceptors (Lipinski definition) is 5. The molecule has 6 nitrogen and oxygen atoms in total. The third kappa shape index (κ3) is 6.61. The van der Waals surface area contributed by atoms with Crippen molar-refractivity contribution in [3.05, 3.63) is 77.2 Å². The third-order valence-corrected chi connectivity index (χ3v) is 6.19. The largest absolute Gasteiger partial charge is 0.493 e. The average molecular weight is 532 g/mol. The Hall–Kier alpha value is -3.66. The lowest BCUT2D eigenvalue weighted by Crippen LogP contribution is -2.36. The zero-order valence-corrected chi connectivity index (χ0v) is 21.2. The Balaban J connectivity index is 1.62. The number of nitrogens with two attached hydrogens (primary N) is 1. The molecule has 0 spiro atoms. The number of nitrogens with zero attached hydrogens (tertiary/aromatic N) is 1. The molecule has 1 aliphatic carbocycles. The van der Waals surface area contributed by atoms with Crippen LogP contribution in [0.15, 0.2) is 54.6 Å². The summed E-state index contributed by atoms with van der Waals surface area (Å²) in [5.41, 5.74) is 6.12. The van der Waals surface area contributed by atoms with Gasteiger partial charge in [0.2, 0.25) is 0 Å². The highest BCUT2D eigenvalue weighted by molar-refractivity contribution is 5.95. The first kappa shape index (κ1) is 27.4. The molecule has 3 aromatic rings. The minimum atomic E-state index is -4.72. The highest BCUT2D eigenvalue weighted by atomic mass is 19.4. The smallest absolute Gasteiger partial charge is 0.398 e. The second kappa shape index (κ2) is 10.6. The summed E-state index contributed by atoms with van der Waals surface area (Å²) in [6, 6.07) is 12.6. The van der Waals surface area contributed by atoms with Crippen molar-refractivity contribution in [2.45, 2.75) is 50.4 Å². The summed E-state index contributed by atoms with van der Waals surface area (Å²) in [6.45, 7) is 2.57. The van der Waals surface area contributed by atoms with Crippen LogP contribution in [0.3, 0.4) is 0 Å². The van der Waals surface area contributed by atoms with Gasteiger partial charge in [0.25, 0.3) is 5.91 Å². The maximum atomic E-state index is 14.3. The number of halogens is 4. The van der Waals surface area contributed by atoms with Crippen molar-refractivity contribution in [2.24, 2.45) is 5.73 Å². The molecule has 38 heavy (non-hydrogen) atoms. The van der Waals surface area contributed by atoms with Gasteiger partial charge in [-0.2, -0.15) is 13.2 Å². The number of ether oxygens (including phenoxy) is 2. The maximum Gasteiger partial charge on any atom is 0.398 e. The van der Waals surface area contributed by atoms with E-state index in [2.05, 4.69) is 10.3 Å². The quantitative estimate of drug-likeness (QED) is 0.346. The Kier molecular flexibility index (Phi) is 7.64.